The van der Waals surface area contributed by atoms with Gasteiger partial charge in [0.15, 0.2) is 5.78 Å². The van der Waals surface area contributed by atoms with Crippen molar-refractivity contribution in [3.63, 3.8) is 0 Å². The Bertz CT molecular complexity index is 1910. The van der Waals surface area contributed by atoms with E-state index in [0.29, 0.717) is 48.7 Å². The van der Waals surface area contributed by atoms with Crippen LogP contribution in [0.3, 0.4) is 0 Å². The van der Waals surface area contributed by atoms with Crippen LogP contribution in [0.25, 0.3) is 0 Å². The van der Waals surface area contributed by atoms with E-state index in [1.807, 2.05) is 12.1 Å². The lowest BCUT2D eigenvalue weighted by molar-refractivity contribution is -0.135. The lowest BCUT2D eigenvalue weighted by Crippen LogP contribution is -2.41. The first-order valence-corrected chi connectivity index (χ1v) is 20.4. The quantitative estimate of drug-likeness (QED) is 0.0237. The molecule has 5 N–H and O–H groups in total. The van der Waals surface area contributed by atoms with Gasteiger partial charge in [-0.05, 0) is 111 Å². The fraction of sp³-hybridized carbons (Fsp3) is 0.465. The fourth-order valence-corrected chi connectivity index (χ4v) is 7.73. The van der Waals surface area contributed by atoms with Gasteiger partial charge >= 0.3 is 0 Å². The van der Waals surface area contributed by atoms with Gasteiger partial charge in [-0.15, -0.1) is 0 Å². The van der Waals surface area contributed by atoms with Crippen molar-refractivity contribution in [1.29, 1.82) is 0 Å². The van der Waals surface area contributed by atoms with Crippen molar-refractivity contribution < 1.29 is 33.9 Å². The van der Waals surface area contributed by atoms with Crippen LogP contribution in [-0.4, -0.2) is 75.5 Å². The second-order valence-electron chi connectivity index (χ2n) is 14.8. The van der Waals surface area contributed by atoms with Crippen molar-refractivity contribution in [3.8, 4) is 5.75 Å². The van der Waals surface area contributed by atoms with E-state index in [4.69, 9.17) is 26.0 Å². The Morgan fingerprint density at radius 1 is 0.814 bits per heavy atom. The number of ketones is 1. The monoisotopic (exact) mass is 830 g/mol. The van der Waals surface area contributed by atoms with Crippen LogP contribution < -0.4 is 26.3 Å². The molecular formula is C43H55ClN8O7. The number of aliphatic hydroxyl groups is 1. The maximum absolute atomic E-state index is 13.9. The number of benzene rings is 3. The summed E-state index contributed by atoms with van der Waals surface area (Å²) >= 11 is 6.16. The molecule has 15 nitrogen and oxygen atoms in total. The maximum atomic E-state index is 13.9. The average Bonchev–Trinajstić information content (AvgIpc) is 3.25. The fourth-order valence-electron chi connectivity index (χ4n) is 7.51. The number of carbonyl (C=O) groups is 3. The summed E-state index contributed by atoms with van der Waals surface area (Å²) in [6.45, 7) is 10.1. The number of nitrogens with one attached hydrogen (secondary N) is 4. The van der Waals surface area contributed by atoms with E-state index in [1.54, 1.807) is 24.3 Å². The molecule has 59 heavy (non-hydrogen) atoms. The number of ether oxygens (including phenoxy) is 1. The van der Waals surface area contributed by atoms with Gasteiger partial charge in [-0.1, -0.05) is 50.1 Å². The van der Waals surface area contributed by atoms with Crippen LogP contribution >= 0.6 is 11.6 Å². The number of carbonyl (C=O) groups excluding carboxylic acids is 3. The molecular weight excluding hydrogens is 776 g/mol. The van der Waals surface area contributed by atoms with Gasteiger partial charge in [0.2, 0.25) is 6.04 Å². The third kappa shape index (κ3) is 11.9. The van der Waals surface area contributed by atoms with Gasteiger partial charge in [0.25, 0.3) is 11.8 Å². The number of hydrogen-bond donors (Lipinski definition) is 5. The maximum Gasteiger partial charge on any atom is 0.258 e. The lowest BCUT2D eigenvalue weighted by atomic mass is 9.75. The molecule has 3 aromatic carbocycles. The van der Waals surface area contributed by atoms with Gasteiger partial charge in [-0.3, -0.25) is 34.0 Å². The molecule has 1 atom stereocenters. The Morgan fingerprint density at radius 2 is 1.37 bits per heavy atom. The molecule has 2 amide bonds. The number of aliphatic hydroxyl groups excluding tert-OH is 1. The van der Waals surface area contributed by atoms with Gasteiger partial charge < -0.3 is 20.5 Å². The van der Waals surface area contributed by atoms with E-state index < -0.39 is 28.9 Å². The number of anilines is 2. The Labute approximate surface area is 350 Å². The molecule has 2 fully saturated rings. The molecule has 316 valence electrons. The Balaban J connectivity index is 1.39. The number of methoxy groups -OCH3 is 1. The van der Waals surface area contributed by atoms with Crippen molar-refractivity contribution >= 4 is 59.7 Å². The van der Waals surface area contributed by atoms with Gasteiger partial charge in [-0.25, -0.2) is 0 Å². The third-order valence-corrected chi connectivity index (χ3v) is 11.0. The van der Waals surface area contributed by atoms with Gasteiger partial charge in [0.1, 0.15) is 17.0 Å². The molecule has 0 aromatic heterocycles. The molecule has 2 saturated carbocycles. The number of hydrogen-bond acceptors (Lipinski definition) is 13. The molecule has 0 spiro atoms. The van der Waals surface area contributed by atoms with Crippen molar-refractivity contribution in [2.75, 3.05) is 43.9 Å². The van der Waals surface area contributed by atoms with Crippen LogP contribution in [0.1, 0.15) is 98.2 Å². The highest BCUT2D eigenvalue weighted by atomic mass is 35.5. The molecule has 0 bridgehead atoms. The summed E-state index contributed by atoms with van der Waals surface area (Å²) in [6.07, 6.45) is 9.42. The first kappa shape index (κ1) is 45.2. The largest absolute Gasteiger partial charge is 0.495 e. The van der Waals surface area contributed by atoms with Crippen molar-refractivity contribution in [2.45, 2.75) is 95.0 Å². The minimum atomic E-state index is -1.48. The minimum Gasteiger partial charge on any atom is -0.495 e. The number of rotatable bonds is 21. The number of azo groups is 1. The molecule has 5 rings (SSSR count). The highest BCUT2D eigenvalue weighted by Crippen LogP contribution is 2.46. The number of hydroxylamine groups is 2. The van der Waals surface area contributed by atoms with E-state index >= 15 is 0 Å². The molecule has 0 aliphatic heterocycles. The molecule has 0 radical (unpaired) electrons. The predicted octanol–water partition coefficient (Wildman–Crippen LogP) is 7.54. The molecule has 0 heterocycles. The van der Waals surface area contributed by atoms with Gasteiger partial charge in [0, 0.05) is 35.4 Å². The Hall–Kier alpha value is -4.90. The zero-order valence-corrected chi connectivity index (χ0v) is 34.6. The van der Waals surface area contributed by atoms with Gasteiger partial charge in [-0.2, -0.15) is 21.2 Å². The summed E-state index contributed by atoms with van der Waals surface area (Å²) in [7, 11) is 1.40. The summed E-state index contributed by atoms with van der Waals surface area (Å²) in [5.74, 6) is -1.41. The SMILES string of the molecule is C=NCCNOC1(c2cc(NC(=O)c3ccc(N=NC(C(C)=O)C(=O)Nc4cc(CO)c(Cl)cc4OC)cc3)cc(C3(ONCCN=C)CCCCC3)c2)CCCCC1. The van der Waals surface area contributed by atoms with Crippen molar-refractivity contribution in [1.82, 2.24) is 11.0 Å². The molecule has 0 saturated heterocycles. The zero-order chi connectivity index (χ0) is 42.3. The van der Waals surface area contributed by atoms with Crippen LogP contribution in [0.4, 0.5) is 17.1 Å². The highest BCUT2D eigenvalue weighted by molar-refractivity contribution is 6.31. The van der Waals surface area contributed by atoms with Crippen molar-refractivity contribution in [3.05, 3.63) is 81.9 Å². The number of nitrogens with zero attached hydrogens (tertiary/aromatic N) is 4. The van der Waals surface area contributed by atoms with Crippen molar-refractivity contribution in [2.24, 2.45) is 20.2 Å². The second kappa shape index (κ2) is 21.9. The summed E-state index contributed by atoms with van der Waals surface area (Å²) in [6, 6.07) is 13.9. The van der Waals surface area contributed by atoms with Crippen LogP contribution in [0.5, 0.6) is 5.75 Å². The lowest BCUT2D eigenvalue weighted by Gasteiger charge is -2.40. The number of halogens is 1. The predicted molar refractivity (Wildman–Crippen MR) is 229 cm³/mol. The minimum absolute atomic E-state index is 0.207. The topological polar surface area (TPSA) is 197 Å². The number of amides is 2. The first-order valence-electron chi connectivity index (χ1n) is 20.0. The summed E-state index contributed by atoms with van der Waals surface area (Å²) < 4.78 is 5.30. The second-order valence-corrected chi connectivity index (χ2v) is 15.2. The highest BCUT2D eigenvalue weighted by Gasteiger charge is 2.40. The molecule has 2 aliphatic rings. The summed E-state index contributed by atoms with van der Waals surface area (Å²) in [5, 5.41) is 23.8. The van der Waals surface area contributed by atoms with E-state index in [9.17, 15) is 19.5 Å². The van der Waals surface area contributed by atoms with Crippen LogP contribution in [-0.2, 0) is 37.1 Å². The Morgan fingerprint density at radius 3 is 1.86 bits per heavy atom. The summed E-state index contributed by atoms with van der Waals surface area (Å²) in [5.41, 5.74) is 8.77. The van der Waals surface area contributed by atoms with Gasteiger partial charge in [0.05, 0.1) is 38.2 Å². The Kier molecular flexibility index (Phi) is 16.8. The first-order chi connectivity index (χ1) is 28.6. The normalized spacial score (nSPS) is 16.5. The van der Waals surface area contributed by atoms with E-state index in [2.05, 4.69) is 61.3 Å². The van der Waals surface area contributed by atoms with Crippen LogP contribution in [0.2, 0.25) is 5.02 Å². The standard InChI is InChI=1S/C43H55ClN8O7/c1-29(54)39(41(56)50-37-23-31(28-53)36(44)27-38(37)57-4)52-51-34-13-11-30(12-14-34)40(55)49-35-25-32(42(15-7-5-8-16-42)58-47-21-19-45-2)24-33(26-35)43(17-9-6-10-18-43)59-48-22-20-46-3/h11-14,23-27,39,47-48,53H,2-3,5-10,15-22,28H2,1,4H3,(H,49,55)(H,50,56). The smallest absolute Gasteiger partial charge is 0.258 e. The number of Topliss-reactive ketones (excluding diaryl/α,β-unsaturated/α-hetero) is 1. The average molecular weight is 831 g/mol. The number of aliphatic imine (C=N–C) groups is 2. The molecule has 16 heteroatoms. The van der Waals surface area contributed by atoms with E-state index in [0.717, 1.165) is 75.3 Å². The molecule has 2 aliphatic carbocycles. The van der Waals surface area contributed by atoms with Crippen LogP contribution in [0.15, 0.2) is 74.8 Å². The summed E-state index contributed by atoms with van der Waals surface area (Å²) in [4.78, 5) is 60.5. The third-order valence-electron chi connectivity index (χ3n) is 10.7. The zero-order valence-electron chi connectivity index (χ0n) is 33.9. The molecule has 1 unspecified atom stereocenters. The molecule has 3 aromatic rings. The van der Waals surface area contributed by atoms with E-state index in [-0.39, 0.29) is 29.0 Å². The van der Waals surface area contributed by atoms with E-state index in [1.165, 1.54) is 26.2 Å². The van der Waals surface area contributed by atoms with Crippen LogP contribution in [0, 0.1) is 0 Å².